The number of alkyl halides is 3. The van der Waals surface area contributed by atoms with Gasteiger partial charge in [0.25, 0.3) is 0 Å². The zero-order chi connectivity index (χ0) is 21.3. The van der Waals surface area contributed by atoms with E-state index in [2.05, 4.69) is 10.3 Å². The number of nitrogens with zero attached hydrogens (tertiary/aromatic N) is 1. The number of cyclic esters (lactones) is 1. The van der Waals surface area contributed by atoms with E-state index in [1.807, 2.05) is 0 Å². The Morgan fingerprint density at radius 1 is 1.07 bits per heavy atom. The molecule has 2 heterocycles. The molecule has 8 heteroatoms. The average Bonchev–Trinajstić information content (AvgIpc) is 3.04. The fraction of sp³-hybridized carbons (Fsp3) is 0.136. The maximum Gasteiger partial charge on any atom is 0.416 e. The summed E-state index contributed by atoms with van der Waals surface area (Å²) in [6.45, 7) is 0. The molecule has 0 aliphatic carbocycles. The summed E-state index contributed by atoms with van der Waals surface area (Å²) in [5.74, 6) is -0.719. The van der Waals surface area contributed by atoms with Gasteiger partial charge in [-0.15, -0.1) is 0 Å². The summed E-state index contributed by atoms with van der Waals surface area (Å²) in [6, 6.07) is 14.5. The quantitative estimate of drug-likeness (QED) is 0.453. The van der Waals surface area contributed by atoms with E-state index in [0.717, 1.165) is 12.1 Å². The summed E-state index contributed by atoms with van der Waals surface area (Å²) in [5.41, 5.74) is 0.576. The Balaban J connectivity index is 1.57. The number of hydrogen-bond acceptors (Lipinski definition) is 5. The molecule has 5 nitrogen and oxygen atoms in total. The molecule has 1 unspecified atom stereocenters. The van der Waals surface area contributed by atoms with E-state index < -0.39 is 23.8 Å². The molecule has 3 aromatic rings. The SMILES string of the molecule is O=C1OC(CC(=O)c2cccnc2Nc2cccc(C(F)(F)F)c2)c2ccccc21. The van der Waals surface area contributed by atoms with Crippen molar-refractivity contribution >= 4 is 23.3 Å². The predicted octanol–water partition coefficient (Wildman–Crippen LogP) is 5.33. The van der Waals surface area contributed by atoms with Crippen LogP contribution in [0.2, 0.25) is 0 Å². The van der Waals surface area contributed by atoms with Gasteiger partial charge < -0.3 is 10.1 Å². The molecule has 2 aromatic carbocycles. The summed E-state index contributed by atoms with van der Waals surface area (Å²) in [7, 11) is 0. The largest absolute Gasteiger partial charge is 0.453 e. The van der Waals surface area contributed by atoms with E-state index in [9.17, 15) is 22.8 Å². The van der Waals surface area contributed by atoms with Crippen molar-refractivity contribution in [2.24, 2.45) is 0 Å². The van der Waals surface area contributed by atoms with Gasteiger partial charge in [-0.2, -0.15) is 13.2 Å². The monoisotopic (exact) mass is 412 g/mol. The van der Waals surface area contributed by atoms with E-state index in [1.165, 1.54) is 24.4 Å². The zero-order valence-corrected chi connectivity index (χ0v) is 15.4. The number of ether oxygens (including phenoxy) is 1. The number of fused-ring (bicyclic) bond motifs is 1. The highest BCUT2D eigenvalue weighted by molar-refractivity contribution is 6.02. The van der Waals surface area contributed by atoms with Crippen LogP contribution in [0.3, 0.4) is 0 Å². The van der Waals surface area contributed by atoms with Crippen molar-refractivity contribution < 1.29 is 27.5 Å². The maximum absolute atomic E-state index is 13.0. The number of esters is 1. The molecule has 0 bridgehead atoms. The first kappa shape index (κ1) is 19.6. The van der Waals surface area contributed by atoms with Gasteiger partial charge in [0, 0.05) is 17.4 Å². The Morgan fingerprint density at radius 3 is 2.67 bits per heavy atom. The second-order valence-corrected chi connectivity index (χ2v) is 6.71. The molecule has 0 amide bonds. The summed E-state index contributed by atoms with van der Waals surface area (Å²) in [5, 5.41) is 2.78. The van der Waals surface area contributed by atoms with E-state index >= 15 is 0 Å². The lowest BCUT2D eigenvalue weighted by Crippen LogP contribution is -2.11. The zero-order valence-electron chi connectivity index (χ0n) is 15.4. The topological polar surface area (TPSA) is 68.3 Å². The van der Waals surface area contributed by atoms with Gasteiger partial charge in [0.15, 0.2) is 5.78 Å². The minimum absolute atomic E-state index is 0.105. The van der Waals surface area contributed by atoms with Crippen molar-refractivity contribution in [1.29, 1.82) is 0 Å². The lowest BCUT2D eigenvalue weighted by atomic mass is 9.99. The summed E-state index contributed by atoms with van der Waals surface area (Å²) >= 11 is 0. The molecule has 30 heavy (non-hydrogen) atoms. The first-order valence-electron chi connectivity index (χ1n) is 9.05. The minimum Gasteiger partial charge on any atom is -0.453 e. The number of benzene rings is 2. The van der Waals surface area contributed by atoms with Crippen molar-refractivity contribution in [3.05, 3.63) is 89.1 Å². The number of pyridine rings is 1. The van der Waals surface area contributed by atoms with Crippen LogP contribution in [0.15, 0.2) is 66.9 Å². The van der Waals surface area contributed by atoms with E-state index in [1.54, 1.807) is 30.3 Å². The third kappa shape index (κ3) is 3.89. The molecule has 1 aliphatic rings. The molecule has 1 aliphatic heterocycles. The van der Waals surface area contributed by atoms with Gasteiger partial charge in [-0.1, -0.05) is 24.3 Å². The molecule has 1 atom stereocenters. The first-order valence-corrected chi connectivity index (χ1v) is 9.05. The molecule has 0 fully saturated rings. The molecule has 152 valence electrons. The highest BCUT2D eigenvalue weighted by Gasteiger charge is 2.33. The van der Waals surface area contributed by atoms with Crippen LogP contribution in [0.4, 0.5) is 24.7 Å². The standard InChI is InChI=1S/C22H15F3N2O3/c23-22(24,25)13-5-3-6-14(11-13)27-20-17(9-4-10-26-20)18(28)12-19-15-7-1-2-8-16(15)21(29)30-19/h1-11,19H,12H2,(H,26,27). The van der Waals surface area contributed by atoms with Crippen molar-refractivity contribution in [1.82, 2.24) is 4.98 Å². The van der Waals surface area contributed by atoms with Crippen LogP contribution >= 0.6 is 0 Å². The summed E-state index contributed by atoms with van der Waals surface area (Å²) in [4.78, 5) is 29.0. The molecule has 0 saturated carbocycles. The number of hydrogen-bond donors (Lipinski definition) is 1. The van der Waals surface area contributed by atoms with E-state index in [-0.39, 0.29) is 29.3 Å². The maximum atomic E-state index is 13.0. The third-order valence-corrected chi connectivity index (χ3v) is 4.71. The number of Topliss-reactive ketones (excluding diaryl/α,β-unsaturated/α-hetero) is 1. The number of rotatable bonds is 5. The number of carbonyl (C=O) groups excluding carboxylic acids is 2. The molecule has 1 N–H and O–H groups in total. The van der Waals surface area contributed by atoms with Gasteiger partial charge in [-0.25, -0.2) is 9.78 Å². The van der Waals surface area contributed by atoms with Gasteiger partial charge in [0.05, 0.1) is 23.1 Å². The van der Waals surface area contributed by atoms with Crippen LogP contribution in [0.1, 0.15) is 44.4 Å². The number of carbonyl (C=O) groups is 2. The Hall–Kier alpha value is -3.68. The Bertz CT molecular complexity index is 1130. The summed E-state index contributed by atoms with van der Waals surface area (Å²) < 4.78 is 44.2. The number of anilines is 2. The van der Waals surface area contributed by atoms with Crippen LogP contribution < -0.4 is 5.32 Å². The van der Waals surface area contributed by atoms with Gasteiger partial charge in [0.1, 0.15) is 11.9 Å². The minimum atomic E-state index is -4.49. The number of nitrogens with one attached hydrogen (secondary N) is 1. The van der Waals surface area contributed by atoms with Gasteiger partial charge in [-0.3, -0.25) is 4.79 Å². The Morgan fingerprint density at radius 2 is 1.87 bits per heavy atom. The summed E-state index contributed by atoms with van der Waals surface area (Å²) in [6.07, 6.45) is -3.88. The molecule has 4 rings (SSSR count). The van der Waals surface area contributed by atoms with Crippen molar-refractivity contribution in [3.8, 4) is 0 Å². The van der Waals surface area contributed by atoms with Crippen LogP contribution in [-0.2, 0) is 10.9 Å². The Labute approximate surface area is 169 Å². The van der Waals surface area contributed by atoms with Gasteiger partial charge >= 0.3 is 12.1 Å². The molecular formula is C22H15F3N2O3. The first-order chi connectivity index (χ1) is 14.3. The Kier molecular flexibility index (Phi) is 4.99. The average molecular weight is 412 g/mol. The molecular weight excluding hydrogens is 397 g/mol. The van der Waals surface area contributed by atoms with Crippen molar-refractivity contribution in [2.75, 3.05) is 5.32 Å². The molecule has 0 saturated heterocycles. The van der Waals surface area contributed by atoms with E-state index in [0.29, 0.717) is 11.1 Å². The number of aromatic nitrogens is 1. The van der Waals surface area contributed by atoms with Crippen LogP contribution in [-0.4, -0.2) is 16.7 Å². The molecule has 1 aromatic heterocycles. The predicted molar refractivity (Wildman–Crippen MR) is 103 cm³/mol. The number of halogens is 3. The second-order valence-electron chi connectivity index (χ2n) is 6.71. The highest BCUT2D eigenvalue weighted by Crippen LogP contribution is 2.35. The second kappa shape index (κ2) is 7.62. The lowest BCUT2D eigenvalue weighted by molar-refractivity contribution is -0.137. The van der Waals surface area contributed by atoms with E-state index in [4.69, 9.17) is 4.74 Å². The van der Waals surface area contributed by atoms with Crippen LogP contribution in [0.25, 0.3) is 0 Å². The molecule has 0 spiro atoms. The number of ketones is 1. The van der Waals surface area contributed by atoms with Gasteiger partial charge in [-0.05, 0) is 36.4 Å². The fourth-order valence-electron chi connectivity index (χ4n) is 3.29. The van der Waals surface area contributed by atoms with Crippen molar-refractivity contribution in [2.45, 2.75) is 18.7 Å². The normalized spacial score (nSPS) is 15.4. The van der Waals surface area contributed by atoms with Crippen LogP contribution in [0, 0.1) is 0 Å². The lowest BCUT2D eigenvalue weighted by Gasteiger charge is -2.14. The highest BCUT2D eigenvalue weighted by atomic mass is 19.4. The third-order valence-electron chi connectivity index (χ3n) is 4.71. The smallest absolute Gasteiger partial charge is 0.416 e. The fourth-order valence-corrected chi connectivity index (χ4v) is 3.29. The van der Waals surface area contributed by atoms with Crippen LogP contribution in [0.5, 0.6) is 0 Å². The molecule has 0 radical (unpaired) electrons. The van der Waals surface area contributed by atoms with Crippen molar-refractivity contribution in [3.63, 3.8) is 0 Å². The van der Waals surface area contributed by atoms with Gasteiger partial charge in [0.2, 0.25) is 0 Å².